The summed E-state index contributed by atoms with van der Waals surface area (Å²) >= 11 is 0. The van der Waals surface area contributed by atoms with E-state index in [1.54, 1.807) is 31.3 Å². The van der Waals surface area contributed by atoms with E-state index in [4.69, 9.17) is 4.74 Å². The molecule has 1 atom stereocenters. The van der Waals surface area contributed by atoms with Crippen LogP contribution in [-0.2, 0) is 12.1 Å². The Kier molecular flexibility index (Phi) is 9.86. The minimum Gasteiger partial charge on any atom is -0.439 e. The van der Waals surface area contributed by atoms with Crippen LogP contribution in [0.25, 0.3) is 0 Å². The number of guanidine groups is 1. The topological polar surface area (TPSA) is 78.8 Å². The zero-order valence-electron chi connectivity index (χ0n) is 18.1. The highest BCUT2D eigenvalue weighted by atomic mass is 127. The first kappa shape index (κ1) is 25.5. The molecule has 0 amide bonds. The number of nitrogens with zero attached hydrogens (tertiary/aromatic N) is 2. The third-order valence-corrected chi connectivity index (χ3v) is 4.61. The molecule has 8 heteroatoms. The second kappa shape index (κ2) is 12.4. The van der Waals surface area contributed by atoms with Gasteiger partial charge in [-0.05, 0) is 37.6 Å². The number of nitrogens with one attached hydrogen (secondary N) is 2. The molecule has 3 N–H and O–H groups in total. The summed E-state index contributed by atoms with van der Waals surface area (Å²) < 4.78 is 19.2. The van der Waals surface area contributed by atoms with Crippen molar-refractivity contribution in [3.8, 4) is 11.6 Å². The van der Waals surface area contributed by atoms with Crippen LogP contribution in [0.15, 0.2) is 77.9 Å². The SMILES string of the molecule is CCNC(=NCc1cccnc1Oc1cccc(F)c1)NCC(C)(O)c1ccccc1.I. The van der Waals surface area contributed by atoms with E-state index in [1.165, 1.54) is 12.1 Å². The molecule has 0 fully saturated rings. The summed E-state index contributed by atoms with van der Waals surface area (Å²) in [6.45, 7) is 4.96. The van der Waals surface area contributed by atoms with Gasteiger partial charge in [0.1, 0.15) is 17.2 Å². The number of pyridine rings is 1. The Labute approximate surface area is 205 Å². The smallest absolute Gasteiger partial charge is 0.224 e. The highest BCUT2D eigenvalue weighted by Crippen LogP contribution is 2.24. The second-order valence-corrected chi connectivity index (χ2v) is 7.22. The number of aliphatic hydroxyl groups is 1. The molecule has 0 spiro atoms. The Bertz CT molecular complexity index is 1020. The van der Waals surface area contributed by atoms with Gasteiger partial charge in [-0.1, -0.05) is 42.5 Å². The van der Waals surface area contributed by atoms with Crippen molar-refractivity contribution >= 4 is 29.9 Å². The molecule has 170 valence electrons. The maximum atomic E-state index is 13.5. The fourth-order valence-electron chi connectivity index (χ4n) is 2.94. The minimum absolute atomic E-state index is 0. The lowest BCUT2D eigenvalue weighted by Crippen LogP contribution is -2.44. The predicted molar refractivity (Wildman–Crippen MR) is 135 cm³/mol. The third-order valence-electron chi connectivity index (χ3n) is 4.61. The molecule has 32 heavy (non-hydrogen) atoms. The maximum Gasteiger partial charge on any atom is 0.224 e. The average Bonchev–Trinajstić information content (AvgIpc) is 2.77. The van der Waals surface area contributed by atoms with Crippen molar-refractivity contribution in [3.05, 3.63) is 89.9 Å². The fourth-order valence-corrected chi connectivity index (χ4v) is 2.94. The summed E-state index contributed by atoms with van der Waals surface area (Å²) in [6, 6.07) is 19.0. The van der Waals surface area contributed by atoms with E-state index in [-0.39, 0.29) is 36.3 Å². The Morgan fingerprint density at radius 1 is 1.09 bits per heavy atom. The van der Waals surface area contributed by atoms with Crippen molar-refractivity contribution in [1.29, 1.82) is 0 Å². The van der Waals surface area contributed by atoms with E-state index in [0.29, 0.717) is 30.7 Å². The molecule has 2 aromatic carbocycles. The van der Waals surface area contributed by atoms with Crippen molar-refractivity contribution in [2.24, 2.45) is 4.99 Å². The van der Waals surface area contributed by atoms with Crippen LogP contribution in [0.2, 0.25) is 0 Å². The molecule has 1 heterocycles. The molecule has 1 unspecified atom stereocenters. The summed E-state index contributed by atoms with van der Waals surface area (Å²) in [5.41, 5.74) is 0.507. The van der Waals surface area contributed by atoms with Crippen LogP contribution >= 0.6 is 24.0 Å². The van der Waals surface area contributed by atoms with Gasteiger partial charge in [0.2, 0.25) is 5.88 Å². The Morgan fingerprint density at radius 2 is 1.88 bits per heavy atom. The van der Waals surface area contributed by atoms with Gasteiger partial charge in [-0.25, -0.2) is 14.4 Å². The molecule has 3 aromatic rings. The second-order valence-electron chi connectivity index (χ2n) is 7.22. The predicted octanol–water partition coefficient (Wildman–Crippen LogP) is 4.59. The number of hydrogen-bond donors (Lipinski definition) is 3. The fraction of sp³-hybridized carbons (Fsp3) is 0.250. The van der Waals surface area contributed by atoms with E-state index in [2.05, 4.69) is 20.6 Å². The van der Waals surface area contributed by atoms with Crippen molar-refractivity contribution in [2.75, 3.05) is 13.1 Å². The Balaban J connectivity index is 0.00000363. The van der Waals surface area contributed by atoms with Crippen LogP contribution in [0.3, 0.4) is 0 Å². The molecule has 0 aliphatic carbocycles. The quantitative estimate of drug-likeness (QED) is 0.217. The number of halogens is 2. The molecule has 0 saturated carbocycles. The summed E-state index contributed by atoms with van der Waals surface area (Å²) in [4.78, 5) is 8.85. The molecule has 0 radical (unpaired) electrons. The van der Waals surface area contributed by atoms with Gasteiger partial charge < -0.3 is 20.5 Å². The van der Waals surface area contributed by atoms with Gasteiger partial charge in [0.25, 0.3) is 0 Å². The molecule has 6 nitrogen and oxygen atoms in total. The number of aromatic nitrogens is 1. The summed E-state index contributed by atoms with van der Waals surface area (Å²) in [6.07, 6.45) is 1.61. The van der Waals surface area contributed by atoms with Crippen LogP contribution in [0, 0.1) is 5.82 Å². The minimum atomic E-state index is -1.06. The Hall–Kier alpha value is -2.72. The van der Waals surface area contributed by atoms with Gasteiger partial charge >= 0.3 is 0 Å². The first-order valence-electron chi connectivity index (χ1n) is 10.2. The number of rotatable bonds is 8. The number of ether oxygens (including phenoxy) is 1. The van der Waals surface area contributed by atoms with Gasteiger partial charge in [0.05, 0.1) is 13.1 Å². The molecule has 0 saturated heterocycles. The normalized spacial score (nSPS) is 12.9. The zero-order chi connectivity index (χ0) is 22.1. The van der Waals surface area contributed by atoms with Crippen LogP contribution in [0.5, 0.6) is 11.6 Å². The summed E-state index contributed by atoms with van der Waals surface area (Å²) in [5, 5.41) is 17.2. The largest absolute Gasteiger partial charge is 0.439 e. The van der Waals surface area contributed by atoms with Crippen LogP contribution in [-0.4, -0.2) is 29.1 Å². The highest BCUT2D eigenvalue weighted by Gasteiger charge is 2.23. The molecule has 0 bridgehead atoms. The Morgan fingerprint density at radius 3 is 2.59 bits per heavy atom. The van der Waals surface area contributed by atoms with Crippen LogP contribution in [0.4, 0.5) is 4.39 Å². The average molecular weight is 550 g/mol. The number of aliphatic imine (C=N–C) groups is 1. The van der Waals surface area contributed by atoms with Crippen LogP contribution < -0.4 is 15.4 Å². The monoisotopic (exact) mass is 550 g/mol. The number of hydrogen-bond acceptors (Lipinski definition) is 4. The standard InChI is InChI=1S/C24H27FN4O2.HI/c1-3-26-23(29-17-24(2,30)19-10-5-4-6-11-19)28-16-18-9-8-14-27-22(18)31-21-13-7-12-20(25)15-21;/h4-15,30H,3,16-17H2,1-2H3,(H2,26,28,29);1H. The van der Waals surface area contributed by atoms with Crippen molar-refractivity contribution in [3.63, 3.8) is 0 Å². The molecule has 1 aromatic heterocycles. The maximum absolute atomic E-state index is 13.5. The first-order valence-corrected chi connectivity index (χ1v) is 10.2. The van der Waals surface area contributed by atoms with Gasteiger partial charge in [0.15, 0.2) is 5.96 Å². The lowest BCUT2D eigenvalue weighted by atomic mass is 9.96. The molecule has 3 rings (SSSR count). The molecule has 0 aliphatic rings. The van der Waals surface area contributed by atoms with Crippen LogP contribution in [0.1, 0.15) is 25.0 Å². The molecular weight excluding hydrogens is 522 g/mol. The summed E-state index contributed by atoms with van der Waals surface area (Å²) in [5.74, 6) is 0.910. The lowest BCUT2D eigenvalue weighted by Gasteiger charge is -2.25. The highest BCUT2D eigenvalue weighted by molar-refractivity contribution is 14.0. The summed E-state index contributed by atoms with van der Waals surface area (Å²) in [7, 11) is 0. The van der Waals surface area contributed by atoms with Gasteiger partial charge in [-0.3, -0.25) is 0 Å². The van der Waals surface area contributed by atoms with E-state index in [0.717, 1.165) is 11.1 Å². The van der Waals surface area contributed by atoms with E-state index in [1.807, 2.05) is 43.3 Å². The van der Waals surface area contributed by atoms with Gasteiger partial charge in [-0.2, -0.15) is 0 Å². The van der Waals surface area contributed by atoms with E-state index >= 15 is 0 Å². The molecule has 0 aliphatic heterocycles. The first-order chi connectivity index (χ1) is 15.0. The third kappa shape index (κ3) is 7.45. The van der Waals surface area contributed by atoms with Crippen molar-refractivity contribution in [1.82, 2.24) is 15.6 Å². The van der Waals surface area contributed by atoms with Crippen molar-refractivity contribution in [2.45, 2.75) is 26.0 Å². The van der Waals surface area contributed by atoms with Gasteiger partial charge in [-0.15, -0.1) is 24.0 Å². The van der Waals surface area contributed by atoms with E-state index < -0.39 is 5.60 Å². The number of benzene rings is 2. The zero-order valence-corrected chi connectivity index (χ0v) is 20.4. The lowest BCUT2D eigenvalue weighted by molar-refractivity contribution is 0.0617. The molecular formula is C24H28FIN4O2. The van der Waals surface area contributed by atoms with E-state index in [9.17, 15) is 9.50 Å². The van der Waals surface area contributed by atoms with Crippen molar-refractivity contribution < 1.29 is 14.2 Å². The van der Waals surface area contributed by atoms with Gasteiger partial charge in [0, 0.05) is 24.4 Å².